The first kappa shape index (κ1) is 12.6. The zero-order valence-electron chi connectivity index (χ0n) is 9.87. The van der Waals surface area contributed by atoms with Gasteiger partial charge in [0.15, 0.2) is 5.16 Å². The molecule has 0 aromatic carbocycles. The maximum atomic E-state index is 14.3. The monoisotopic (exact) mass is 256 g/mol. The molecule has 0 radical (unpaired) electrons. The standard InChI is InChI=1S/C11H17FN4S/c1-17-10-14-5-2-9(16-10)15-8-11(12)3-6-13-7-4-11/h2,5,13H,3-4,6-8H2,1H3,(H,14,15,16). The van der Waals surface area contributed by atoms with Gasteiger partial charge in [0.05, 0.1) is 6.54 Å². The van der Waals surface area contributed by atoms with Crippen molar-refractivity contribution in [2.45, 2.75) is 23.7 Å². The third-order valence-corrected chi connectivity index (χ3v) is 3.46. The van der Waals surface area contributed by atoms with Crippen molar-refractivity contribution in [3.05, 3.63) is 12.3 Å². The maximum absolute atomic E-state index is 14.3. The molecule has 94 valence electrons. The molecule has 0 spiro atoms. The number of thioether (sulfide) groups is 1. The molecule has 2 rings (SSSR count). The van der Waals surface area contributed by atoms with E-state index in [9.17, 15) is 4.39 Å². The van der Waals surface area contributed by atoms with E-state index < -0.39 is 5.67 Å². The molecule has 4 nitrogen and oxygen atoms in total. The summed E-state index contributed by atoms with van der Waals surface area (Å²) in [6.07, 6.45) is 4.72. The van der Waals surface area contributed by atoms with Crippen molar-refractivity contribution in [1.29, 1.82) is 0 Å². The highest BCUT2D eigenvalue weighted by atomic mass is 32.2. The highest BCUT2D eigenvalue weighted by Crippen LogP contribution is 2.23. The first-order valence-electron chi connectivity index (χ1n) is 5.72. The fourth-order valence-electron chi connectivity index (χ4n) is 1.84. The van der Waals surface area contributed by atoms with Gasteiger partial charge in [-0.15, -0.1) is 0 Å². The van der Waals surface area contributed by atoms with Crippen molar-refractivity contribution >= 4 is 17.6 Å². The molecule has 2 heterocycles. The predicted octanol–water partition coefficient (Wildman–Crippen LogP) is 1.70. The van der Waals surface area contributed by atoms with Crippen LogP contribution in [0.25, 0.3) is 0 Å². The number of nitrogens with one attached hydrogen (secondary N) is 2. The summed E-state index contributed by atoms with van der Waals surface area (Å²) in [5.74, 6) is 0.694. The molecule has 2 N–H and O–H groups in total. The number of anilines is 1. The second-order valence-corrected chi connectivity index (χ2v) is 4.96. The topological polar surface area (TPSA) is 49.8 Å². The summed E-state index contributed by atoms with van der Waals surface area (Å²) in [7, 11) is 0. The quantitative estimate of drug-likeness (QED) is 0.634. The van der Waals surface area contributed by atoms with E-state index in [1.54, 1.807) is 12.3 Å². The lowest BCUT2D eigenvalue weighted by Gasteiger charge is -2.30. The molecular weight excluding hydrogens is 239 g/mol. The molecule has 1 aliphatic rings. The first-order chi connectivity index (χ1) is 8.22. The lowest BCUT2D eigenvalue weighted by molar-refractivity contribution is 0.131. The Morgan fingerprint density at radius 2 is 2.29 bits per heavy atom. The van der Waals surface area contributed by atoms with E-state index >= 15 is 0 Å². The number of rotatable bonds is 4. The third-order valence-electron chi connectivity index (χ3n) is 2.90. The van der Waals surface area contributed by atoms with Crippen LogP contribution in [-0.4, -0.2) is 41.5 Å². The van der Waals surface area contributed by atoms with Crippen LogP contribution in [0.1, 0.15) is 12.8 Å². The van der Waals surface area contributed by atoms with Gasteiger partial charge in [-0.25, -0.2) is 14.4 Å². The molecule has 1 aromatic rings. The van der Waals surface area contributed by atoms with Crippen LogP contribution in [0.2, 0.25) is 0 Å². The minimum Gasteiger partial charge on any atom is -0.367 e. The van der Waals surface area contributed by atoms with Crippen molar-refractivity contribution in [3.63, 3.8) is 0 Å². The second-order valence-electron chi connectivity index (χ2n) is 4.18. The lowest BCUT2D eigenvalue weighted by Crippen LogP contribution is -2.43. The summed E-state index contributed by atoms with van der Waals surface area (Å²) in [5, 5.41) is 6.92. The van der Waals surface area contributed by atoms with Crippen molar-refractivity contribution < 1.29 is 4.39 Å². The van der Waals surface area contributed by atoms with E-state index in [-0.39, 0.29) is 0 Å². The largest absolute Gasteiger partial charge is 0.367 e. The van der Waals surface area contributed by atoms with E-state index in [2.05, 4.69) is 20.6 Å². The molecule has 0 aliphatic carbocycles. The minimum absolute atomic E-state index is 0.319. The average molecular weight is 256 g/mol. The number of piperidine rings is 1. The molecule has 17 heavy (non-hydrogen) atoms. The van der Waals surface area contributed by atoms with Crippen LogP contribution in [0.3, 0.4) is 0 Å². The van der Waals surface area contributed by atoms with Gasteiger partial charge < -0.3 is 10.6 Å². The maximum Gasteiger partial charge on any atom is 0.189 e. The van der Waals surface area contributed by atoms with Gasteiger partial charge in [-0.2, -0.15) is 0 Å². The number of hydrogen-bond donors (Lipinski definition) is 2. The Morgan fingerprint density at radius 1 is 1.53 bits per heavy atom. The Morgan fingerprint density at radius 3 is 3.00 bits per heavy atom. The van der Waals surface area contributed by atoms with Crippen LogP contribution < -0.4 is 10.6 Å². The van der Waals surface area contributed by atoms with E-state index in [0.717, 1.165) is 13.1 Å². The summed E-state index contributed by atoms with van der Waals surface area (Å²) in [4.78, 5) is 8.34. The van der Waals surface area contributed by atoms with Crippen molar-refractivity contribution in [1.82, 2.24) is 15.3 Å². The van der Waals surface area contributed by atoms with Gasteiger partial charge in [-0.3, -0.25) is 0 Å². The molecular formula is C11H17FN4S. The molecule has 0 saturated carbocycles. The van der Waals surface area contributed by atoms with Crippen LogP contribution in [0, 0.1) is 0 Å². The molecule has 1 saturated heterocycles. The number of hydrogen-bond acceptors (Lipinski definition) is 5. The summed E-state index contributed by atoms with van der Waals surface area (Å²) in [6.45, 7) is 1.82. The predicted molar refractivity (Wildman–Crippen MR) is 68.2 cm³/mol. The zero-order chi connectivity index (χ0) is 12.1. The Labute approximate surface area is 105 Å². The lowest BCUT2D eigenvalue weighted by atomic mass is 9.94. The van der Waals surface area contributed by atoms with Gasteiger partial charge in [0.1, 0.15) is 11.5 Å². The second kappa shape index (κ2) is 5.64. The normalized spacial score (nSPS) is 18.9. The third kappa shape index (κ3) is 3.54. The first-order valence-corrected chi connectivity index (χ1v) is 6.95. The van der Waals surface area contributed by atoms with Crippen LogP contribution >= 0.6 is 11.8 Å². The van der Waals surface area contributed by atoms with E-state index in [4.69, 9.17) is 0 Å². The van der Waals surface area contributed by atoms with Crippen LogP contribution in [-0.2, 0) is 0 Å². The van der Waals surface area contributed by atoms with Crippen LogP contribution in [0.5, 0.6) is 0 Å². The smallest absolute Gasteiger partial charge is 0.189 e. The van der Waals surface area contributed by atoms with Gasteiger partial charge in [-0.1, -0.05) is 11.8 Å². The van der Waals surface area contributed by atoms with Gasteiger partial charge in [-0.05, 0) is 38.3 Å². The SMILES string of the molecule is CSc1nccc(NCC2(F)CCNCC2)n1. The Balaban J connectivity index is 1.92. The fourth-order valence-corrected chi connectivity index (χ4v) is 2.19. The highest BCUT2D eigenvalue weighted by Gasteiger charge is 2.31. The molecule has 1 aliphatic heterocycles. The fraction of sp³-hybridized carbons (Fsp3) is 0.636. The van der Waals surface area contributed by atoms with Gasteiger partial charge >= 0.3 is 0 Å². The molecule has 0 unspecified atom stereocenters. The number of halogens is 1. The van der Waals surface area contributed by atoms with Gasteiger partial charge in [0.2, 0.25) is 0 Å². The average Bonchev–Trinajstić information content (AvgIpc) is 2.38. The molecule has 0 bridgehead atoms. The molecule has 1 fully saturated rings. The molecule has 0 atom stereocenters. The summed E-state index contributed by atoms with van der Waals surface area (Å²) < 4.78 is 14.3. The van der Waals surface area contributed by atoms with Crippen LogP contribution in [0.4, 0.5) is 10.2 Å². The van der Waals surface area contributed by atoms with E-state index in [0.29, 0.717) is 30.4 Å². The molecule has 0 amide bonds. The number of alkyl halides is 1. The van der Waals surface area contributed by atoms with Crippen molar-refractivity contribution in [3.8, 4) is 0 Å². The molecule has 1 aromatic heterocycles. The van der Waals surface area contributed by atoms with E-state index in [1.807, 2.05) is 6.26 Å². The Bertz CT molecular complexity index is 368. The zero-order valence-corrected chi connectivity index (χ0v) is 10.7. The number of nitrogens with zero attached hydrogens (tertiary/aromatic N) is 2. The Kier molecular flexibility index (Phi) is 4.17. The van der Waals surface area contributed by atoms with E-state index in [1.165, 1.54) is 11.8 Å². The number of aromatic nitrogens is 2. The van der Waals surface area contributed by atoms with Crippen molar-refractivity contribution in [2.24, 2.45) is 0 Å². The van der Waals surface area contributed by atoms with Crippen molar-refractivity contribution in [2.75, 3.05) is 31.2 Å². The summed E-state index contributed by atoms with van der Waals surface area (Å²) in [6, 6.07) is 1.77. The highest BCUT2D eigenvalue weighted by molar-refractivity contribution is 7.98. The van der Waals surface area contributed by atoms with Gasteiger partial charge in [0, 0.05) is 6.20 Å². The Hall–Kier alpha value is -0.880. The summed E-state index contributed by atoms with van der Waals surface area (Å²) in [5.41, 5.74) is -1.12. The van der Waals surface area contributed by atoms with Gasteiger partial charge in [0.25, 0.3) is 0 Å². The van der Waals surface area contributed by atoms with Crippen LogP contribution in [0.15, 0.2) is 17.4 Å². The molecule has 6 heteroatoms. The minimum atomic E-state index is -1.12. The summed E-state index contributed by atoms with van der Waals surface area (Å²) >= 11 is 1.48.